The summed E-state index contributed by atoms with van der Waals surface area (Å²) in [7, 11) is 0. The average Bonchev–Trinajstić information content (AvgIpc) is 3.12. The van der Waals surface area contributed by atoms with Gasteiger partial charge in [-0.1, -0.05) is 17.7 Å². The highest BCUT2D eigenvalue weighted by Gasteiger charge is 2.44. The smallest absolute Gasteiger partial charge is 0.336 e. The minimum Gasteiger partial charge on any atom is -0.489 e. The van der Waals surface area contributed by atoms with Gasteiger partial charge in [0.25, 0.3) is 0 Å². The van der Waals surface area contributed by atoms with Crippen molar-refractivity contribution in [3.8, 4) is 5.75 Å². The molecule has 33 heavy (non-hydrogen) atoms. The van der Waals surface area contributed by atoms with E-state index in [1.807, 2.05) is 39.0 Å². The first-order valence-electron chi connectivity index (χ1n) is 11.2. The Bertz CT molecular complexity index is 1160. The van der Waals surface area contributed by atoms with Gasteiger partial charge in [-0.3, -0.25) is 4.79 Å². The van der Waals surface area contributed by atoms with Gasteiger partial charge in [0.2, 0.25) is 0 Å². The fourth-order valence-corrected chi connectivity index (χ4v) is 5.98. The number of ketones is 1. The predicted molar refractivity (Wildman–Crippen MR) is 131 cm³/mol. The number of fused-ring (bicyclic) bond motifs is 1. The summed E-state index contributed by atoms with van der Waals surface area (Å²) in [6.07, 6.45) is 3.28. The molecule has 5 nitrogen and oxygen atoms in total. The topological polar surface area (TPSA) is 64.6 Å². The monoisotopic (exact) mass is 485 g/mol. The van der Waals surface area contributed by atoms with Crippen LogP contribution < -0.4 is 10.1 Å². The molecule has 2 unspecified atom stereocenters. The van der Waals surface area contributed by atoms with Crippen LogP contribution in [0.1, 0.15) is 53.5 Å². The van der Waals surface area contributed by atoms with Crippen molar-refractivity contribution in [3.63, 3.8) is 0 Å². The quantitative estimate of drug-likeness (QED) is 0.509. The highest BCUT2D eigenvalue weighted by molar-refractivity contribution is 7.12. The normalized spacial score (nSPS) is 20.2. The minimum absolute atomic E-state index is 0.153. The van der Waals surface area contributed by atoms with Crippen LogP contribution in [0.5, 0.6) is 5.75 Å². The zero-order chi connectivity index (χ0) is 23.7. The van der Waals surface area contributed by atoms with Crippen molar-refractivity contribution in [1.82, 2.24) is 5.32 Å². The van der Waals surface area contributed by atoms with Crippen molar-refractivity contribution in [1.29, 1.82) is 0 Å². The van der Waals surface area contributed by atoms with Crippen molar-refractivity contribution in [2.75, 3.05) is 6.61 Å². The molecule has 0 amide bonds. The number of esters is 1. The third-order valence-corrected chi connectivity index (χ3v) is 7.59. The van der Waals surface area contributed by atoms with Gasteiger partial charge in [-0.15, -0.1) is 11.3 Å². The number of allylic oxidation sites excluding steroid dienone is 3. The van der Waals surface area contributed by atoms with E-state index in [2.05, 4.69) is 17.5 Å². The molecule has 2 heterocycles. The van der Waals surface area contributed by atoms with E-state index < -0.39 is 5.92 Å². The molecule has 0 saturated carbocycles. The van der Waals surface area contributed by atoms with Crippen molar-refractivity contribution >= 4 is 34.7 Å². The molecule has 1 aliphatic heterocycles. The van der Waals surface area contributed by atoms with Gasteiger partial charge in [0.1, 0.15) is 18.1 Å². The first-order valence-corrected chi connectivity index (χ1v) is 12.4. The van der Waals surface area contributed by atoms with E-state index in [0.717, 1.165) is 44.4 Å². The molecular weight excluding hydrogens is 458 g/mol. The molecule has 2 atom stereocenters. The standard InChI is InChI=1S/C26H28ClNO4S/c1-5-31-26(30)23-15(3)28-19-7-6-8-20(29)24(19)25(23)22-12-17(16(4)33-22)13-32-21-10-9-18(27)11-14(21)2/h7,9-12,24-25,28H,5-6,8,13H2,1-4H3. The summed E-state index contributed by atoms with van der Waals surface area (Å²) in [5.41, 5.74) is 4.19. The van der Waals surface area contributed by atoms with E-state index in [0.29, 0.717) is 23.6 Å². The number of carbonyl (C=O) groups is 2. The summed E-state index contributed by atoms with van der Waals surface area (Å²) in [6.45, 7) is 8.36. The molecule has 1 aromatic carbocycles. The molecule has 1 aliphatic carbocycles. The van der Waals surface area contributed by atoms with Gasteiger partial charge < -0.3 is 14.8 Å². The number of hydrogen-bond donors (Lipinski definition) is 1. The van der Waals surface area contributed by atoms with Crippen molar-refractivity contribution in [2.24, 2.45) is 5.92 Å². The number of aryl methyl sites for hydroxylation is 2. The fraction of sp³-hybridized carbons (Fsp3) is 0.385. The SMILES string of the molecule is CCOC(=O)C1=C(C)NC2=CCCC(=O)C2C1c1cc(COc2ccc(Cl)cc2C)c(C)s1. The first-order chi connectivity index (χ1) is 15.8. The Morgan fingerprint density at radius 3 is 2.73 bits per heavy atom. The molecule has 0 fully saturated rings. The molecule has 0 spiro atoms. The second-order valence-corrected chi connectivity index (χ2v) is 10.2. The largest absolute Gasteiger partial charge is 0.489 e. The molecule has 7 heteroatoms. The van der Waals surface area contributed by atoms with Crippen LogP contribution in [0, 0.1) is 19.8 Å². The lowest BCUT2D eigenvalue weighted by atomic mass is 9.73. The molecule has 174 valence electrons. The molecule has 1 aromatic heterocycles. The Balaban J connectivity index is 1.69. The molecule has 2 aromatic rings. The maximum absolute atomic E-state index is 13.0. The van der Waals surface area contributed by atoms with Gasteiger partial charge in [-0.05, 0) is 63.9 Å². The number of hydrogen-bond acceptors (Lipinski definition) is 6. The Morgan fingerprint density at radius 1 is 1.21 bits per heavy atom. The number of ether oxygens (including phenoxy) is 2. The van der Waals surface area contributed by atoms with Crippen molar-refractivity contribution < 1.29 is 19.1 Å². The van der Waals surface area contributed by atoms with E-state index in [1.165, 1.54) is 0 Å². The van der Waals surface area contributed by atoms with Gasteiger partial charge in [-0.2, -0.15) is 0 Å². The third-order valence-electron chi connectivity index (χ3n) is 6.18. The van der Waals surface area contributed by atoms with E-state index in [1.54, 1.807) is 18.3 Å². The van der Waals surface area contributed by atoms with Crippen LogP contribution in [0.2, 0.25) is 5.02 Å². The number of benzene rings is 1. The lowest BCUT2D eigenvalue weighted by molar-refractivity contribution is -0.139. The van der Waals surface area contributed by atoms with Crippen LogP contribution >= 0.6 is 22.9 Å². The Morgan fingerprint density at radius 2 is 2.00 bits per heavy atom. The van der Waals surface area contributed by atoms with Gasteiger partial charge in [-0.25, -0.2) is 4.79 Å². The number of carbonyl (C=O) groups excluding carboxylic acids is 2. The highest BCUT2D eigenvalue weighted by atomic mass is 35.5. The number of halogens is 1. The van der Waals surface area contributed by atoms with E-state index in [-0.39, 0.29) is 24.3 Å². The summed E-state index contributed by atoms with van der Waals surface area (Å²) in [5, 5.41) is 3.98. The summed E-state index contributed by atoms with van der Waals surface area (Å²) in [5.74, 6) is -0.194. The first kappa shape index (κ1) is 23.6. The van der Waals surface area contributed by atoms with Crippen LogP contribution in [0.15, 0.2) is 47.3 Å². The van der Waals surface area contributed by atoms with Gasteiger partial charge in [0, 0.05) is 44.1 Å². The summed E-state index contributed by atoms with van der Waals surface area (Å²) in [6, 6.07) is 7.63. The number of rotatable bonds is 6. The highest BCUT2D eigenvalue weighted by Crippen LogP contribution is 2.46. The Hall–Kier alpha value is -2.57. The zero-order valence-corrected chi connectivity index (χ0v) is 20.9. The summed E-state index contributed by atoms with van der Waals surface area (Å²) in [4.78, 5) is 28.1. The van der Waals surface area contributed by atoms with Gasteiger partial charge >= 0.3 is 5.97 Å². The fourth-order valence-electron chi connectivity index (χ4n) is 4.57. The summed E-state index contributed by atoms with van der Waals surface area (Å²) < 4.78 is 11.5. The molecule has 0 bridgehead atoms. The molecular formula is C26H28ClNO4S. The minimum atomic E-state index is -0.396. The summed E-state index contributed by atoms with van der Waals surface area (Å²) >= 11 is 7.67. The average molecular weight is 486 g/mol. The second kappa shape index (κ2) is 9.74. The van der Waals surface area contributed by atoms with E-state index in [4.69, 9.17) is 21.1 Å². The molecule has 1 N–H and O–H groups in total. The zero-order valence-electron chi connectivity index (χ0n) is 19.3. The van der Waals surface area contributed by atoms with Crippen LogP contribution in [-0.2, 0) is 20.9 Å². The van der Waals surface area contributed by atoms with E-state index in [9.17, 15) is 9.59 Å². The van der Waals surface area contributed by atoms with Crippen LogP contribution in [0.3, 0.4) is 0 Å². The molecule has 0 saturated heterocycles. The Labute approximate surface area is 203 Å². The van der Waals surface area contributed by atoms with Gasteiger partial charge in [0.05, 0.1) is 18.1 Å². The second-order valence-electron chi connectivity index (χ2n) is 8.43. The third kappa shape index (κ3) is 4.73. The predicted octanol–water partition coefficient (Wildman–Crippen LogP) is 5.98. The maximum atomic E-state index is 13.0. The number of thiophene rings is 1. The Kier molecular flexibility index (Phi) is 6.96. The lowest BCUT2D eigenvalue weighted by Crippen LogP contribution is -2.40. The van der Waals surface area contributed by atoms with Crippen molar-refractivity contribution in [3.05, 3.63) is 73.2 Å². The maximum Gasteiger partial charge on any atom is 0.336 e. The number of Topliss-reactive ketones (excluding diaryl/α,β-unsaturated/α-hetero) is 1. The molecule has 0 radical (unpaired) electrons. The lowest BCUT2D eigenvalue weighted by Gasteiger charge is -2.37. The van der Waals surface area contributed by atoms with Crippen molar-refractivity contribution in [2.45, 2.75) is 53.1 Å². The van der Waals surface area contributed by atoms with Crippen LogP contribution in [0.4, 0.5) is 0 Å². The molecule has 4 rings (SSSR count). The molecule has 2 aliphatic rings. The van der Waals surface area contributed by atoms with Gasteiger partial charge in [0.15, 0.2) is 0 Å². The van der Waals surface area contributed by atoms with E-state index >= 15 is 0 Å². The van der Waals surface area contributed by atoms with Crippen LogP contribution in [-0.4, -0.2) is 18.4 Å². The van der Waals surface area contributed by atoms with Crippen LogP contribution in [0.25, 0.3) is 0 Å². The number of nitrogens with one attached hydrogen (secondary N) is 1.